The highest BCUT2D eigenvalue weighted by atomic mass is 32.2. The van der Waals surface area contributed by atoms with Crippen molar-refractivity contribution in [3.8, 4) is 0 Å². The van der Waals surface area contributed by atoms with E-state index in [2.05, 4.69) is 16.0 Å². The zero-order chi connectivity index (χ0) is 24.5. The summed E-state index contributed by atoms with van der Waals surface area (Å²) in [4.78, 5) is 13.6. The van der Waals surface area contributed by atoms with Crippen LogP contribution in [0.5, 0.6) is 0 Å². The molecule has 3 N–H and O–H groups in total. The number of benzene rings is 2. The molecule has 1 fully saturated rings. The van der Waals surface area contributed by atoms with Gasteiger partial charge in [-0.3, -0.25) is 0 Å². The van der Waals surface area contributed by atoms with Crippen LogP contribution in [0.3, 0.4) is 0 Å². The highest BCUT2D eigenvalue weighted by molar-refractivity contribution is 7.99. The molecule has 2 aromatic carbocycles. The minimum Gasteiger partial charge on any atom is -0.444 e. The predicted molar refractivity (Wildman–Crippen MR) is 129 cm³/mol. The lowest BCUT2D eigenvalue weighted by Crippen LogP contribution is -2.42. The maximum atomic E-state index is 13.6. The molecule has 1 aliphatic carbocycles. The van der Waals surface area contributed by atoms with Crippen LogP contribution in [-0.4, -0.2) is 24.3 Å². The fraction of sp³-hybridized carbons (Fsp3) is 0.480. The first-order valence-corrected chi connectivity index (χ1v) is 12.3. The molecule has 2 unspecified atom stereocenters. The molecule has 1 saturated carbocycles. The number of hydrogen-bond acceptors (Lipinski definition) is 5. The summed E-state index contributed by atoms with van der Waals surface area (Å²) in [5.41, 5.74) is 0.744. The van der Waals surface area contributed by atoms with Crippen LogP contribution in [0.1, 0.15) is 52.0 Å². The van der Waals surface area contributed by atoms with Crippen molar-refractivity contribution in [2.75, 3.05) is 17.2 Å². The minimum atomic E-state index is -4.43. The molecule has 5 nitrogen and oxygen atoms in total. The topological polar surface area (TPSA) is 62.4 Å². The van der Waals surface area contributed by atoms with Crippen LogP contribution < -0.4 is 16.0 Å². The van der Waals surface area contributed by atoms with E-state index in [0.717, 1.165) is 36.3 Å². The fourth-order valence-electron chi connectivity index (χ4n) is 4.38. The quantitative estimate of drug-likeness (QED) is 0.353. The van der Waals surface area contributed by atoms with Crippen molar-refractivity contribution in [2.24, 2.45) is 5.92 Å². The Hall–Kier alpha value is -2.55. The lowest BCUT2D eigenvalue weighted by molar-refractivity contribution is -0.137. The van der Waals surface area contributed by atoms with Gasteiger partial charge in [-0.05, 0) is 70.2 Å². The Morgan fingerprint density at radius 1 is 1.15 bits per heavy atom. The largest absolute Gasteiger partial charge is 0.444 e. The Labute approximate surface area is 202 Å². The smallest absolute Gasteiger partial charge is 0.416 e. The second-order valence-electron chi connectivity index (χ2n) is 9.87. The number of amides is 1. The number of halogens is 3. The second-order valence-corrected chi connectivity index (χ2v) is 11.0. The molecule has 0 saturated heterocycles. The molecule has 1 heterocycles. The van der Waals surface area contributed by atoms with Gasteiger partial charge in [0, 0.05) is 22.4 Å². The van der Waals surface area contributed by atoms with Gasteiger partial charge in [0.25, 0.3) is 0 Å². The zero-order valence-corrected chi connectivity index (χ0v) is 20.3. The average Bonchev–Trinajstić information content (AvgIpc) is 2.74. The van der Waals surface area contributed by atoms with Gasteiger partial charge in [0.15, 0.2) is 0 Å². The van der Waals surface area contributed by atoms with E-state index >= 15 is 0 Å². The third-order valence-corrected chi connectivity index (χ3v) is 7.00. The summed E-state index contributed by atoms with van der Waals surface area (Å²) in [6, 6.07) is 9.95. The standard InChI is InChI=1S/C25H30F3N3O2S/c1-24(2,3)33-23(32)30-17-8-6-7-15(11-17)14-29-19-12-16(25(26,27)28)13-21-22(19)31-18-9-4-5-10-20(18)34-21/h4-5,9-10,12-13,15,17,29,31H,6-8,11,14H2,1-3H3,(H,30,32). The van der Waals surface area contributed by atoms with Crippen LogP contribution in [-0.2, 0) is 10.9 Å². The van der Waals surface area contributed by atoms with Gasteiger partial charge < -0.3 is 20.7 Å². The van der Waals surface area contributed by atoms with Gasteiger partial charge >= 0.3 is 12.3 Å². The molecule has 184 valence electrons. The second kappa shape index (κ2) is 9.60. The van der Waals surface area contributed by atoms with Gasteiger partial charge in [-0.1, -0.05) is 30.3 Å². The number of nitrogens with one attached hydrogen (secondary N) is 3. The van der Waals surface area contributed by atoms with Crippen LogP contribution in [0.15, 0.2) is 46.2 Å². The molecule has 1 amide bonds. The van der Waals surface area contributed by atoms with Crippen molar-refractivity contribution in [1.82, 2.24) is 5.32 Å². The van der Waals surface area contributed by atoms with Gasteiger partial charge in [-0.2, -0.15) is 13.2 Å². The number of anilines is 3. The molecule has 1 aliphatic heterocycles. The van der Waals surface area contributed by atoms with Gasteiger partial charge in [0.2, 0.25) is 0 Å². The summed E-state index contributed by atoms with van der Waals surface area (Å²) in [6.07, 6.45) is -1.36. The number of carbonyl (C=O) groups is 1. The molecule has 2 aliphatic rings. The molecule has 34 heavy (non-hydrogen) atoms. The molecule has 0 bridgehead atoms. The minimum absolute atomic E-state index is 0.00798. The molecule has 9 heteroatoms. The molecular formula is C25H30F3N3O2S. The SMILES string of the molecule is CC(C)(C)OC(=O)NC1CCCC(CNc2cc(C(F)(F)F)cc3c2Nc2ccccc2S3)C1. The average molecular weight is 494 g/mol. The molecule has 0 radical (unpaired) electrons. The normalized spacial score (nSPS) is 19.9. The van der Waals surface area contributed by atoms with E-state index in [0.29, 0.717) is 22.8 Å². The van der Waals surface area contributed by atoms with Crippen LogP contribution in [0.25, 0.3) is 0 Å². The molecule has 4 rings (SSSR count). The Morgan fingerprint density at radius 3 is 2.65 bits per heavy atom. The van der Waals surface area contributed by atoms with Crippen molar-refractivity contribution in [3.63, 3.8) is 0 Å². The summed E-state index contributed by atoms with van der Waals surface area (Å²) in [5, 5.41) is 9.53. The number of ether oxygens (including phenoxy) is 1. The van der Waals surface area contributed by atoms with Crippen molar-refractivity contribution in [1.29, 1.82) is 0 Å². The lowest BCUT2D eigenvalue weighted by atomic mass is 9.85. The maximum absolute atomic E-state index is 13.6. The first-order valence-electron chi connectivity index (χ1n) is 11.5. The number of rotatable bonds is 4. The first-order chi connectivity index (χ1) is 16.0. The summed E-state index contributed by atoms with van der Waals surface area (Å²) in [7, 11) is 0. The van der Waals surface area contributed by atoms with Crippen LogP contribution >= 0.6 is 11.8 Å². The van der Waals surface area contributed by atoms with E-state index in [1.807, 2.05) is 45.0 Å². The number of alkyl carbamates (subject to hydrolysis) is 1. The Kier molecular flexibility index (Phi) is 6.94. The third kappa shape index (κ3) is 6.11. The highest BCUT2D eigenvalue weighted by Crippen LogP contribution is 2.49. The molecule has 0 aromatic heterocycles. The van der Waals surface area contributed by atoms with Gasteiger partial charge in [0.05, 0.1) is 22.6 Å². The third-order valence-electron chi connectivity index (χ3n) is 5.88. The van der Waals surface area contributed by atoms with E-state index in [-0.39, 0.29) is 12.0 Å². The predicted octanol–water partition coefficient (Wildman–Crippen LogP) is 7.41. The first kappa shape index (κ1) is 24.6. The summed E-state index contributed by atoms with van der Waals surface area (Å²) >= 11 is 1.34. The van der Waals surface area contributed by atoms with Crippen molar-refractivity contribution >= 4 is 34.9 Å². The number of hydrogen-bond donors (Lipinski definition) is 3. The Balaban J connectivity index is 1.47. The Morgan fingerprint density at radius 2 is 1.91 bits per heavy atom. The maximum Gasteiger partial charge on any atom is 0.416 e. The van der Waals surface area contributed by atoms with E-state index in [1.165, 1.54) is 23.9 Å². The van der Waals surface area contributed by atoms with Crippen molar-refractivity contribution in [3.05, 3.63) is 42.0 Å². The fourth-order valence-corrected chi connectivity index (χ4v) is 5.44. The number of alkyl halides is 3. The summed E-state index contributed by atoms with van der Waals surface area (Å²) in [6.45, 7) is 5.98. The monoisotopic (exact) mass is 493 g/mol. The summed E-state index contributed by atoms with van der Waals surface area (Å²) in [5.74, 6) is 0.224. The Bertz CT molecular complexity index is 1050. The zero-order valence-electron chi connectivity index (χ0n) is 19.5. The molecule has 0 spiro atoms. The number of fused-ring (bicyclic) bond motifs is 2. The summed E-state index contributed by atoms with van der Waals surface area (Å²) < 4.78 is 46.2. The van der Waals surface area contributed by atoms with Crippen LogP contribution in [0, 0.1) is 5.92 Å². The number of para-hydroxylation sites is 1. The van der Waals surface area contributed by atoms with E-state index in [9.17, 15) is 18.0 Å². The van der Waals surface area contributed by atoms with Gasteiger partial charge in [0.1, 0.15) is 5.60 Å². The van der Waals surface area contributed by atoms with Gasteiger partial charge in [-0.15, -0.1) is 0 Å². The van der Waals surface area contributed by atoms with Crippen LogP contribution in [0.4, 0.5) is 35.0 Å². The molecular weight excluding hydrogens is 463 g/mol. The van der Waals surface area contributed by atoms with E-state index in [1.54, 1.807) is 0 Å². The van der Waals surface area contributed by atoms with Crippen molar-refractivity contribution in [2.45, 2.75) is 74.1 Å². The van der Waals surface area contributed by atoms with E-state index in [4.69, 9.17) is 4.74 Å². The van der Waals surface area contributed by atoms with Gasteiger partial charge in [-0.25, -0.2) is 4.79 Å². The number of carbonyl (C=O) groups excluding carboxylic acids is 1. The van der Waals surface area contributed by atoms with E-state index < -0.39 is 23.4 Å². The highest BCUT2D eigenvalue weighted by Gasteiger charge is 2.34. The van der Waals surface area contributed by atoms with Crippen LogP contribution in [0.2, 0.25) is 0 Å². The lowest BCUT2D eigenvalue weighted by Gasteiger charge is -2.31. The molecule has 2 aromatic rings. The molecule has 2 atom stereocenters. The van der Waals surface area contributed by atoms with Crippen molar-refractivity contribution < 1.29 is 22.7 Å².